The van der Waals surface area contributed by atoms with E-state index in [1.807, 2.05) is 0 Å². The Balaban J connectivity index is 2.46. The van der Waals surface area contributed by atoms with E-state index in [1.54, 1.807) is 44.2 Å². The lowest BCUT2D eigenvalue weighted by molar-refractivity contribution is -0.139. The van der Waals surface area contributed by atoms with Crippen LogP contribution in [0, 0.1) is 6.92 Å². The van der Waals surface area contributed by atoms with Crippen molar-refractivity contribution in [3.63, 3.8) is 0 Å². The van der Waals surface area contributed by atoms with Gasteiger partial charge in [-0.2, -0.15) is 0 Å². The highest BCUT2D eigenvalue weighted by Gasteiger charge is 2.30. The lowest BCUT2D eigenvalue weighted by atomic mass is 10.1. The van der Waals surface area contributed by atoms with Crippen molar-refractivity contribution < 1.29 is 18.0 Å². The summed E-state index contributed by atoms with van der Waals surface area (Å²) in [6.07, 6.45) is 1.00. The van der Waals surface area contributed by atoms with Crippen LogP contribution in [0.5, 0.6) is 0 Å². The molecule has 0 aliphatic heterocycles. The van der Waals surface area contributed by atoms with Gasteiger partial charge in [0.25, 0.3) is 0 Å². The monoisotopic (exact) mass is 519 g/mol. The van der Waals surface area contributed by atoms with Gasteiger partial charge in [-0.25, -0.2) is 8.42 Å². The molecule has 7 nitrogen and oxygen atoms in total. The van der Waals surface area contributed by atoms with Gasteiger partial charge in [0.2, 0.25) is 21.8 Å². The number of halogens is 3. The van der Waals surface area contributed by atoms with Gasteiger partial charge in [-0.3, -0.25) is 13.9 Å². The van der Waals surface area contributed by atoms with Crippen LogP contribution in [0.25, 0.3) is 0 Å². The summed E-state index contributed by atoms with van der Waals surface area (Å²) in [7, 11) is -2.39. The molecule has 2 rings (SSSR count). The van der Waals surface area contributed by atoms with Gasteiger partial charge in [-0.1, -0.05) is 46.9 Å². The molecular weight excluding hydrogens is 497 g/mol. The Morgan fingerprint density at radius 2 is 1.75 bits per heavy atom. The molecule has 0 fully saturated rings. The minimum Gasteiger partial charge on any atom is -0.357 e. The number of hydrogen-bond acceptors (Lipinski definition) is 4. The molecule has 174 valence electrons. The van der Waals surface area contributed by atoms with Crippen molar-refractivity contribution in [2.75, 3.05) is 24.2 Å². The second kappa shape index (κ2) is 10.7. The summed E-state index contributed by atoms with van der Waals surface area (Å²) in [5.74, 6) is -0.995. The summed E-state index contributed by atoms with van der Waals surface area (Å²) >= 11 is 18.4. The van der Waals surface area contributed by atoms with Gasteiger partial charge in [-0.05, 0) is 49.2 Å². The van der Waals surface area contributed by atoms with Crippen molar-refractivity contribution in [3.8, 4) is 0 Å². The highest BCUT2D eigenvalue weighted by Crippen LogP contribution is 2.29. The molecule has 32 heavy (non-hydrogen) atoms. The highest BCUT2D eigenvalue weighted by atomic mass is 35.5. The van der Waals surface area contributed by atoms with Crippen LogP contribution in [-0.4, -0.2) is 51.0 Å². The van der Waals surface area contributed by atoms with E-state index in [0.29, 0.717) is 26.2 Å². The number of rotatable bonds is 8. The van der Waals surface area contributed by atoms with Gasteiger partial charge < -0.3 is 10.2 Å². The molecule has 0 heterocycles. The van der Waals surface area contributed by atoms with Crippen molar-refractivity contribution in [1.82, 2.24) is 10.2 Å². The number of hydrogen-bond donors (Lipinski definition) is 1. The number of likely N-dealkylation sites (N-methyl/N-ethyl adjacent to an activating group) is 1. The fourth-order valence-corrected chi connectivity index (χ4v) is 4.62. The molecular formula is C21H24Cl3N3O4S. The molecule has 0 aromatic heterocycles. The third kappa shape index (κ3) is 6.28. The summed E-state index contributed by atoms with van der Waals surface area (Å²) in [6, 6.07) is 8.71. The van der Waals surface area contributed by atoms with Gasteiger partial charge >= 0.3 is 0 Å². The average Bonchev–Trinajstić information content (AvgIpc) is 2.71. The lowest BCUT2D eigenvalue weighted by Gasteiger charge is -2.32. The van der Waals surface area contributed by atoms with Crippen LogP contribution in [0.1, 0.15) is 18.1 Å². The Labute approximate surface area is 203 Å². The maximum atomic E-state index is 13.4. The van der Waals surface area contributed by atoms with Gasteiger partial charge in [0.1, 0.15) is 12.6 Å². The van der Waals surface area contributed by atoms with Crippen molar-refractivity contribution in [3.05, 3.63) is 62.6 Å². The van der Waals surface area contributed by atoms with Crippen LogP contribution in [-0.2, 0) is 26.2 Å². The van der Waals surface area contributed by atoms with Crippen LogP contribution in [0.15, 0.2) is 36.4 Å². The van der Waals surface area contributed by atoms with E-state index in [2.05, 4.69) is 5.32 Å². The fraction of sp³-hybridized carbons (Fsp3) is 0.333. The quantitative estimate of drug-likeness (QED) is 0.572. The van der Waals surface area contributed by atoms with E-state index in [0.717, 1.165) is 10.6 Å². The average molecular weight is 521 g/mol. The zero-order valence-corrected chi connectivity index (χ0v) is 21.1. The largest absolute Gasteiger partial charge is 0.357 e. The number of carbonyl (C=O) groups is 2. The number of nitrogens with one attached hydrogen (secondary N) is 1. The highest BCUT2D eigenvalue weighted by molar-refractivity contribution is 7.92. The smallest absolute Gasteiger partial charge is 0.244 e. The topological polar surface area (TPSA) is 86.8 Å². The molecule has 0 bridgehead atoms. The van der Waals surface area contributed by atoms with E-state index >= 15 is 0 Å². The second-order valence-electron chi connectivity index (χ2n) is 7.20. The maximum Gasteiger partial charge on any atom is 0.244 e. The first-order valence-corrected chi connectivity index (χ1v) is 12.5. The van der Waals surface area contributed by atoms with Crippen LogP contribution in [0.2, 0.25) is 15.1 Å². The number of nitrogens with zero attached hydrogens (tertiary/aromatic N) is 2. The zero-order chi connectivity index (χ0) is 24.2. The molecule has 2 amide bonds. The van der Waals surface area contributed by atoms with E-state index in [9.17, 15) is 18.0 Å². The van der Waals surface area contributed by atoms with Gasteiger partial charge in [0, 0.05) is 28.7 Å². The first-order chi connectivity index (χ1) is 14.9. The predicted molar refractivity (Wildman–Crippen MR) is 129 cm³/mol. The van der Waals surface area contributed by atoms with Crippen LogP contribution >= 0.6 is 34.8 Å². The molecule has 2 aromatic rings. The summed E-state index contributed by atoms with van der Waals surface area (Å²) in [4.78, 5) is 27.0. The molecule has 0 saturated heterocycles. The summed E-state index contributed by atoms with van der Waals surface area (Å²) < 4.78 is 26.1. The number of sulfonamides is 1. The molecule has 1 N–H and O–H groups in total. The third-order valence-corrected chi connectivity index (χ3v) is 7.08. The minimum atomic E-state index is -3.84. The first-order valence-electron chi connectivity index (χ1n) is 9.54. The van der Waals surface area contributed by atoms with Crippen LogP contribution in [0.4, 0.5) is 5.69 Å². The Bertz CT molecular complexity index is 1130. The maximum absolute atomic E-state index is 13.4. The van der Waals surface area contributed by atoms with Gasteiger partial charge in [0.05, 0.1) is 11.9 Å². The zero-order valence-electron chi connectivity index (χ0n) is 18.0. The van der Waals surface area contributed by atoms with Gasteiger partial charge in [-0.15, -0.1) is 0 Å². The van der Waals surface area contributed by atoms with Crippen molar-refractivity contribution >= 4 is 62.3 Å². The summed E-state index contributed by atoms with van der Waals surface area (Å²) in [5.41, 5.74) is 1.36. The number of benzene rings is 2. The number of carbonyl (C=O) groups excluding carboxylic acids is 2. The normalized spacial score (nSPS) is 12.2. The number of anilines is 1. The SMILES string of the molecule is CNC(=O)[C@H](C)N(Cc1ccc(Cl)cc1Cl)C(=O)CN(c1cccc(Cl)c1C)S(C)(=O)=O. The van der Waals surface area contributed by atoms with Crippen LogP contribution in [0.3, 0.4) is 0 Å². The molecule has 0 spiro atoms. The van der Waals surface area contributed by atoms with Crippen molar-refractivity contribution in [2.24, 2.45) is 0 Å². The Morgan fingerprint density at radius 1 is 1.09 bits per heavy atom. The molecule has 0 unspecified atom stereocenters. The molecule has 0 saturated carbocycles. The molecule has 2 aromatic carbocycles. The number of amides is 2. The van der Waals surface area contributed by atoms with E-state index in [4.69, 9.17) is 34.8 Å². The second-order valence-corrected chi connectivity index (χ2v) is 10.4. The third-order valence-electron chi connectivity index (χ3n) is 4.96. The van der Waals surface area contributed by atoms with Gasteiger partial charge in [0.15, 0.2) is 0 Å². The standard InChI is InChI=1S/C21H24Cl3N3O4S/c1-13-17(23)6-5-7-19(13)27(32(4,30)31)12-20(28)26(14(2)21(29)25-3)11-15-8-9-16(22)10-18(15)24/h5-10,14H,11-12H2,1-4H3,(H,25,29)/t14-/m0/s1. The summed E-state index contributed by atoms with van der Waals surface area (Å²) in [5, 5.41) is 3.62. The molecule has 11 heteroatoms. The Hall–Kier alpha value is -2.00. The van der Waals surface area contributed by atoms with Crippen molar-refractivity contribution in [2.45, 2.75) is 26.4 Å². The summed E-state index contributed by atoms with van der Waals surface area (Å²) in [6.45, 7) is 2.68. The van der Waals surface area contributed by atoms with Crippen molar-refractivity contribution in [1.29, 1.82) is 0 Å². The fourth-order valence-electron chi connectivity index (χ4n) is 3.09. The first kappa shape index (κ1) is 26.3. The van der Waals surface area contributed by atoms with E-state index < -0.39 is 34.4 Å². The molecule has 0 aliphatic carbocycles. The Kier molecular flexibility index (Phi) is 8.82. The molecule has 0 aliphatic rings. The minimum absolute atomic E-state index is 0.0183. The molecule has 0 radical (unpaired) electrons. The predicted octanol–water partition coefficient (Wildman–Crippen LogP) is 3.88. The Morgan fingerprint density at radius 3 is 2.31 bits per heavy atom. The van der Waals surface area contributed by atoms with E-state index in [1.165, 1.54) is 18.0 Å². The van der Waals surface area contributed by atoms with Crippen LogP contribution < -0.4 is 9.62 Å². The lowest BCUT2D eigenvalue weighted by Crippen LogP contribution is -2.50. The molecule has 1 atom stereocenters. The van der Waals surface area contributed by atoms with E-state index in [-0.39, 0.29) is 12.2 Å².